The molecule has 3 heterocycles. The summed E-state index contributed by atoms with van der Waals surface area (Å²) in [5, 5.41) is 6.25. The summed E-state index contributed by atoms with van der Waals surface area (Å²) in [5.41, 5.74) is 5.09. The molecule has 0 saturated carbocycles. The highest BCUT2D eigenvalue weighted by molar-refractivity contribution is 8.93. The van der Waals surface area contributed by atoms with Gasteiger partial charge < -0.3 is 5.32 Å². The largest absolute Gasteiger partial charge is 0.332 e. The number of nitrogens with one attached hydrogen (secondary N) is 1. The van der Waals surface area contributed by atoms with Crippen molar-refractivity contribution in [3.8, 4) is 11.4 Å². The average molecular weight is 402 g/mol. The van der Waals surface area contributed by atoms with Gasteiger partial charge in [-0.05, 0) is 32.0 Å². The van der Waals surface area contributed by atoms with Gasteiger partial charge in [-0.3, -0.25) is 4.40 Å². The van der Waals surface area contributed by atoms with Gasteiger partial charge in [0.15, 0.2) is 5.13 Å². The molecule has 0 aliphatic carbocycles. The highest BCUT2D eigenvalue weighted by Gasteiger charge is 2.14. The maximum atomic E-state index is 4.70. The Morgan fingerprint density at radius 3 is 2.67 bits per heavy atom. The van der Waals surface area contributed by atoms with Crippen LogP contribution in [0, 0.1) is 13.8 Å². The smallest absolute Gasteiger partial charge is 0.234 e. The molecule has 1 N–H and O–H groups in total. The normalized spacial score (nSPS) is 10.6. The van der Waals surface area contributed by atoms with Gasteiger partial charge >= 0.3 is 0 Å². The molecule has 0 aliphatic rings. The number of aryl methyl sites for hydroxylation is 2. The zero-order valence-electron chi connectivity index (χ0n) is 13.2. The van der Waals surface area contributed by atoms with Crippen LogP contribution >= 0.6 is 28.3 Å². The van der Waals surface area contributed by atoms with Crippen molar-refractivity contribution in [2.75, 3.05) is 5.32 Å². The molecule has 4 rings (SSSR count). The number of aromatic nitrogens is 4. The Morgan fingerprint density at radius 2 is 1.88 bits per heavy atom. The molecular weight excluding hydrogens is 386 g/mol. The number of benzene rings is 1. The molecule has 0 spiro atoms. The van der Waals surface area contributed by atoms with Gasteiger partial charge in [0, 0.05) is 23.5 Å². The van der Waals surface area contributed by atoms with Crippen molar-refractivity contribution in [1.82, 2.24) is 19.4 Å². The summed E-state index contributed by atoms with van der Waals surface area (Å²) in [6.45, 7) is 4.06. The van der Waals surface area contributed by atoms with Crippen molar-refractivity contribution in [2.45, 2.75) is 13.8 Å². The minimum Gasteiger partial charge on any atom is -0.332 e. The van der Waals surface area contributed by atoms with Crippen LogP contribution in [0.15, 0.2) is 48.1 Å². The first kappa shape index (κ1) is 16.6. The van der Waals surface area contributed by atoms with Crippen LogP contribution in [0.4, 0.5) is 10.8 Å². The van der Waals surface area contributed by atoms with E-state index in [1.54, 1.807) is 17.5 Å². The summed E-state index contributed by atoms with van der Waals surface area (Å²) in [4.78, 5) is 13.5. The van der Waals surface area contributed by atoms with Gasteiger partial charge in [-0.25, -0.2) is 15.0 Å². The Hall–Kier alpha value is -2.25. The molecule has 4 aromatic rings. The minimum atomic E-state index is 0. The van der Waals surface area contributed by atoms with Crippen LogP contribution in [0.3, 0.4) is 0 Å². The molecule has 7 heteroatoms. The van der Waals surface area contributed by atoms with Crippen molar-refractivity contribution < 1.29 is 0 Å². The van der Waals surface area contributed by atoms with E-state index in [0.29, 0.717) is 5.78 Å². The van der Waals surface area contributed by atoms with Crippen LogP contribution in [-0.2, 0) is 0 Å². The molecule has 122 valence electrons. The SMILES string of the molecule is Br.Cc1ccc(Nc2nc(-c3c(C)nc4ncccn34)cs2)cc1. The first-order chi connectivity index (χ1) is 11.2. The number of halogens is 1. The number of fused-ring (bicyclic) bond motifs is 1. The van der Waals surface area contributed by atoms with Gasteiger partial charge in [-0.1, -0.05) is 17.7 Å². The van der Waals surface area contributed by atoms with Crippen LogP contribution < -0.4 is 5.32 Å². The van der Waals surface area contributed by atoms with Gasteiger partial charge in [0.05, 0.1) is 11.4 Å². The maximum Gasteiger partial charge on any atom is 0.234 e. The number of nitrogens with zero attached hydrogens (tertiary/aromatic N) is 4. The number of hydrogen-bond donors (Lipinski definition) is 1. The van der Waals surface area contributed by atoms with Crippen LogP contribution in [0.25, 0.3) is 17.2 Å². The maximum absolute atomic E-state index is 4.70. The molecule has 0 atom stereocenters. The first-order valence-corrected chi connectivity index (χ1v) is 8.18. The van der Waals surface area contributed by atoms with E-state index in [1.807, 2.05) is 29.0 Å². The lowest BCUT2D eigenvalue weighted by molar-refractivity contribution is 1.11. The topological polar surface area (TPSA) is 55.1 Å². The minimum absolute atomic E-state index is 0. The number of thiazole rings is 1. The van der Waals surface area contributed by atoms with Crippen LogP contribution in [-0.4, -0.2) is 19.4 Å². The van der Waals surface area contributed by atoms with Crippen molar-refractivity contribution in [2.24, 2.45) is 0 Å². The fourth-order valence-corrected chi connectivity index (χ4v) is 3.22. The second kappa shape index (κ2) is 6.70. The molecule has 24 heavy (non-hydrogen) atoms. The van der Waals surface area contributed by atoms with Crippen molar-refractivity contribution in [3.63, 3.8) is 0 Å². The molecule has 0 fully saturated rings. The van der Waals surface area contributed by atoms with E-state index in [-0.39, 0.29) is 17.0 Å². The standard InChI is InChI=1S/C17H15N5S.BrH/c1-11-4-6-13(7-5-11)20-17-21-14(10-23-17)15-12(2)19-16-18-8-3-9-22(15)16;/h3-10H,1-2H3,(H,20,21);1H. The van der Waals surface area contributed by atoms with Crippen molar-refractivity contribution in [1.29, 1.82) is 0 Å². The highest BCUT2D eigenvalue weighted by Crippen LogP contribution is 2.29. The molecule has 0 amide bonds. The van der Waals surface area contributed by atoms with Gasteiger partial charge in [0.25, 0.3) is 0 Å². The van der Waals surface area contributed by atoms with E-state index < -0.39 is 0 Å². The Bertz CT molecular complexity index is 974. The average Bonchev–Trinajstić information content (AvgIpc) is 3.12. The van der Waals surface area contributed by atoms with Gasteiger partial charge in [-0.15, -0.1) is 28.3 Å². The molecule has 0 unspecified atom stereocenters. The lowest BCUT2D eigenvalue weighted by Gasteiger charge is -2.02. The number of anilines is 2. The summed E-state index contributed by atoms with van der Waals surface area (Å²) in [7, 11) is 0. The highest BCUT2D eigenvalue weighted by atomic mass is 79.9. The van der Waals surface area contributed by atoms with Crippen LogP contribution in [0.1, 0.15) is 11.3 Å². The summed E-state index contributed by atoms with van der Waals surface area (Å²) < 4.78 is 1.97. The second-order valence-electron chi connectivity index (χ2n) is 5.36. The summed E-state index contributed by atoms with van der Waals surface area (Å²) in [6, 6.07) is 10.2. The summed E-state index contributed by atoms with van der Waals surface area (Å²) in [6.07, 6.45) is 3.71. The van der Waals surface area contributed by atoms with E-state index in [9.17, 15) is 0 Å². The monoisotopic (exact) mass is 401 g/mol. The lowest BCUT2D eigenvalue weighted by atomic mass is 10.2. The van der Waals surface area contributed by atoms with Crippen LogP contribution in [0.5, 0.6) is 0 Å². The molecule has 5 nitrogen and oxygen atoms in total. The van der Waals surface area contributed by atoms with E-state index in [4.69, 9.17) is 4.98 Å². The third kappa shape index (κ3) is 3.05. The lowest BCUT2D eigenvalue weighted by Crippen LogP contribution is -1.92. The fraction of sp³-hybridized carbons (Fsp3) is 0.118. The second-order valence-corrected chi connectivity index (χ2v) is 6.22. The van der Waals surface area contributed by atoms with E-state index in [2.05, 4.69) is 46.5 Å². The molecule has 3 aromatic heterocycles. The number of hydrogen-bond acceptors (Lipinski definition) is 5. The number of rotatable bonds is 3. The molecule has 0 bridgehead atoms. The zero-order chi connectivity index (χ0) is 15.8. The molecular formula is C17H16BrN5S. The Balaban J connectivity index is 0.00000169. The van der Waals surface area contributed by atoms with Crippen molar-refractivity contribution >= 4 is 44.9 Å². The predicted molar refractivity (Wildman–Crippen MR) is 104 cm³/mol. The van der Waals surface area contributed by atoms with E-state index in [1.165, 1.54) is 5.56 Å². The first-order valence-electron chi connectivity index (χ1n) is 7.30. The van der Waals surface area contributed by atoms with Crippen LogP contribution in [0.2, 0.25) is 0 Å². The summed E-state index contributed by atoms with van der Waals surface area (Å²) >= 11 is 1.58. The molecule has 1 aromatic carbocycles. The third-order valence-corrected chi connectivity index (χ3v) is 4.39. The predicted octanol–water partition coefficient (Wildman–Crippen LogP) is 4.79. The Kier molecular flexibility index (Phi) is 4.64. The molecule has 0 saturated heterocycles. The summed E-state index contributed by atoms with van der Waals surface area (Å²) in [5.74, 6) is 0.695. The zero-order valence-corrected chi connectivity index (χ0v) is 15.8. The van der Waals surface area contributed by atoms with E-state index >= 15 is 0 Å². The Labute approximate surface area is 154 Å². The van der Waals surface area contributed by atoms with Gasteiger partial charge in [-0.2, -0.15) is 0 Å². The fourth-order valence-electron chi connectivity index (χ4n) is 2.51. The van der Waals surface area contributed by atoms with E-state index in [0.717, 1.165) is 27.9 Å². The molecule has 0 radical (unpaired) electrons. The van der Waals surface area contributed by atoms with Gasteiger partial charge in [0.2, 0.25) is 5.78 Å². The quantitative estimate of drug-likeness (QED) is 0.535. The Morgan fingerprint density at radius 1 is 1.08 bits per heavy atom. The van der Waals surface area contributed by atoms with Gasteiger partial charge in [0.1, 0.15) is 5.69 Å². The third-order valence-electron chi connectivity index (χ3n) is 3.63. The molecule has 0 aliphatic heterocycles. The number of imidazole rings is 1. The van der Waals surface area contributed by atoms with Crippen molar-refractivity contribution in [3.05, 3.63) is 59.4 Å².